The fourth-order valence-electron chi connectivity index (χ4n) is 2.22. The van der Waals surface area contributed by atoms with E-state index in [2.05, 4.69) is 15.2 Å². The molecule has 1 amide bonds. The monoisotopic (exact) mass is 365 g/mol. The normalized spacial score (nSPS) is 10.5. The quantitative estimate of drug-likeness (QED) is 0.654. The molecule has 1 heterocycles. The molecular weight excluding hydrogens is 342 g/mol. The predicted molar refractivity (Wildman–Crippen MR) is 96.8 cm³/mol. The van der Waals surface area contributed by atoms with E-state index in [1.54, 1.807) is 12.0 Å². The van der Waals surface area contributed by atoms with Gasteiger partial charge in [0.15, 0.2) is 11.5 Å². The Morgan fingerprint density at radius 1 is 1.36 bits per heavy atom. The molecular formula is C16H23N5O3S. The van der Waals surface area contributed by atoms with Crippen LogP contribution in [0.25, 0.3) is 0 Å². The van der Waals surface area contributed by atoms with E-state index >= 15 is 0 Å². The summed E-state index contributed by atoms with van der Waals surface area (Å²) in [5.74, 6) is 1.85. The van der Waals surface area contributed by atoms with Crippen molar-refractivity contribution in [2.24, 2.45) is 0 Å². The van der Waals surface area contributed by atoms with Crippen molar-refractivity contribution in [3.05, 3.63) is 23.8 Å². The van der Waals surface area contributed by atoms with Gasteiger partial charge in [-0.3, -0.25) is 4.79 Å². The van der Waals surface area contributed by atoms with Crippen LogP contribution >= 0.6 is 11.8 Å². The smallest absolute Gasteiger partial charge is 0.233 e. The molecule has 3 N–H and O–H groups in total. The van der Waals surface area contributed by atoms with E-state index in [0.29, 0.717) is 36.4 Å². The SMILES string of the molecule is CCOc1ccc(CN(CC)C(=O)CSc2n[nH]c(N)n2)cc1OC. The molecule has 0 spiro atoms. The molecule has 25 heavy (non-hydrogen) atoms. The van der Waals surface area contributed by atoms with Gasteiger partial charge in [0.05, 0.1) is 19.5 Å². The fraction of sp³-hybridized carbons (Fsp3) is 0.438. The average molecular weight is 365 g/mol. The Bertz CT molecular complexity index is 707. The third-order valence-electron chi connectivity index (χ3n) is 3.44. The van der Waals surface area contributed by atoms with Crippen molar-refractivity contribution in [1.29, 1.82) is 0 Å². The van der Waals surface area contributed by atoms with Crippen LogP contribution in [0.15, 0.2) is 23.4 Å². The molecule has 0 bridgehead atoms. The molecule has 0 fully saturated rings. The van der Waals surface area contributed by atoms with Crippen molar-refractivity contribution in [2.75, 3.05) is 31.7 Å². The Labute approximate surface area is 151 Å². The van der Waals surface area contributed by atoms with Gasteiger partial charge in [-0.25, -0.2) is 5.10 Å². The van der Waals surface area contributed by atoms with E-state index in [9.17, 15) is 4.79 Å². The first kappa shape index (κ1) is 18.9. The second kappa shape index (κ2) is 9.16. The first-order valence-corrected chi connectivity index (χ1v) is 8.94. The molecule has 0 aliphatic heterocycles. The molecule has 0 aliphatic carbocycles. The molecule has 0 radical (unpaired) electrons. The van der Waals surface area contributed by atoms with E-state index in [1.165, 1.54) is 11.8 Å². The summed E-state index contributed by atoms with van der Waals surface area (Å²) in [5.41, 5.74) is 6.45. The highest BCUT2D eigenvalue weighted by atomic mass is 32.2. The second-order valence-electron chi connectivity index (χ2n) is 5.12. The average Bonchev–Trinajstić information content (AvgIpc) is 3.04. The molecule has 0 unspecified atom stereocenters. The number of aromatic amines is 1. The first-order chi connectivity index (χ1) is 12.1. The summed E-state index contributed by atoms with van der Waals surface area (Å²) in [6.45, 7) is 5.53. The highest BCUT2D eigenvalue weighted by Gasteiger charge is 2.15. The minimum Gasteiger partial charge on any atom is -0.493 e. The summed E-state index contributed by atoms with van der Waals surface area (Å²) in [7, 11) is 1.60. The van der Waals surface area contributed by atoms with Gasteiger partial charge in [-0.2, -0.15) is 4.98 Å². The number of H-pyrrole nitrogens is 1. The van der Waals surface area contributed by atoms with Crippen molar-refractivity contribution in [3.63, 3.8) is 0 Å². The number of nitrogens with zero attached hydrogens (tertiary/aromatic N) is 3. The second-order valence-corrected chi connectivity index (χ2v) is 6.06. The first-order valence-electron chi connectivity index (χ1n) is 7.95. The molecule has 136 valence electrons. The molecule has 8 nitrogen and oxygen atoms in total. The summed E-state index contributed by atoms with van der Waals surface area (Å²) >= 11 is 1.25. The maximum absolute atomic E-state index is 12.4. The number of thioether (sulfide) groups is 1. The number of carbonyl (C=O) groups excluding carboxylic acids is 1. The summed E-state index contributed by atoms with van der Waals surface area (Å²) < 4.78 is 10.9. The molecule has 2 aromatic rings. The summed E-state index contributed by atoms with van der Waals surface area (Å²) in [6, 6.07) is 5.69. The van der Waals surface area contributed by atoms with E-state index < -0.39 is 0 Å². The lowest BCUT2D eigenvalue weighted by molar-refractivity contribution is -0.128. The molecule has 1 aromatic carbocycles. The van der Waals surface area contributed by atoms with Gasteiger partial charge in [-0.15, -0.1) is 5.10 Å². The third-order valence-corrected chi connectivity index (χ3v) is 4.27. The van der Waals surface area contributed by atoms with E-state index in [4.69, 9.17) is 15.2 Å². The van der Waals surface area contributed by atoms with Crippen molar-refractivity contribution in [2.45, 2.75) is 25.5 Å². The Kier molecular flexibility index (Phi) is 6.93. The van der Waals surface area contributed by atoms with Crippen molar-refractivity contribution in [1.82, 2.24) is 20.1 Å². The van der Waals surface area contributed by atoms with Crippen LogP contribution in [-0.2, 0) is 11.3 Å². The summed E-state index contributed by atoms with van der Waals surface area (Å²) in [4.78, 5) is 18.2. The lowest BCUT2D eigenvalue weighted by Gasteiger charge is -2.21. The van der Waals surface area contributed by atoms with E-state index in [1.807, 2.05) is 32.0 Å². The van der Waals surface area contributed by atoms with Crippen LogP contribution < -0.4 is 15.2 Å². The Balaban J connectivity index is 1.99. The van der Waals surface area contributed by atoms with Gasteiger partial charge in [0, 0.05) is 13.1 Å². The van der Waals surface area contributed by atoms with Gasteiger partial charge < -0.3 is 20.1 Å². The van der Waals surface area contributed by atoms with Gasteiger partial charge >= 0.3 is 0 Å². The van der Waals surface area contributed by atoms with Crippen LogP contribution in [0.3, 0.4) is 0 Å². The molecule has 0 saturated heterocycles. The zero-order valence-corrected chi connectivity index (χ0v) is 15.4. The summed E-state index contributed by atoms with van der Waals surface area (Å²) in [5, 5.41) is 6.92. The highest BCUT2D eigenvalue weighted by molar-refractivity contribution is 7.99. The Morgan fingerprint density at radius 3 is 2.76 bits per heavy atom. The zero-order chi connectivity index (χ0) is 18.2. The van der Waals surface area contributed by atoms with Crippen molar-refractivity contribution < 1.29 is 14.3 Å². The fourth-order valence-corrected chi connectivity index (χ4v) is 2.93. The largest absolute Gasteiger partial charge is 0.493 e. The number of aromatic nitrogens is 3. The van der Waals surface area contributed by atoms with Crippen LogP contribution in [0.2, 0.25) is 0 Å². The lowest BCUT2D eigenvalue weighted by Crippen LogP contribution is -2.31. The Morgan fingerprint density at radius 2 is 2.16 bits per heavy atom. The molecule has 2 rings (SSSR count). The maximum atomic E-state index is 12.4. The van der Waals surface area contributed by atoms with Crippen molar-refractivity contribution in [3.8, 4) is 11.5 Å². The van der Waals surface area contributed by atoms with Gasteiger partial charge in [-0.05, 0) is 31.5 Å². The van der Waals surface area contributed by atoms with Gasteiger partial charge in [0.1, 0.15) is 0 Å². The molecule has 1 aromatic heterocycles. The number of benzene rings is 1. The van der Waals surface area contributed by atoms with Crippen molar-refractivity contribution >= 4 is 23.6 Å². The number of hydrogen-bond donors (Lipinski definition) is 2. The number of ether oxygens (including phenoxy) is 2. The number of carbonyl (C=O) groups is 1. The van der Waals surface area contributed by atoms with Gasteiger partial charge in [0.25, 0.3) is 0 Å². The van der Waals surface area contributed by atoms with Crippen LogP contribution in [0.1, 0.15) is 19.4 Å². The van der Waals surface area contributed by atoms with E-state index in [-0.39, 0.29) is 17.6 Å². The number of nitrogens with one attached hydrogen (secondary N) is 1. The topological polar surface area (TPSA) is 106 Å². The Hall–Kier alpha value is -2.42. The summed E-state index contributed by atoms with van der Waals surface area (Å²) in [6.07, 6.45) is 0. The van der Waals surface area contributed by atoms with Crippen LogP contribution in [0, 0.1) is 0 Å². The molecule has 0 atom stereocenters. The van der Waals surface area contributed by atoms with Crippen LogP contribution in [-0.4, -0.2) is 52.0 Å². The van der Waals surface area contributed by atoms with Gasteiger partial charge in [0.2, 0.25) is 17.0 Å². The third kappa shape index (κ3) is 5.28. The van der Waals surface area contributed by atoms with Crippen LogP contribution in [0.5, 0.6) is 11.5 Å². The minimum absolute atomic E-state index is 0.00345. The predicted octanol–water partition coefficient (Wildman–Crippen LogP) is 1.93. The number of methoxy groups -OCH3 is 1. The molecule has 0 saturated carbocycles. The number of nitrogen functional groups attached to an aromatic ring is 1. The zero-order valence-electron chi connectivity index (χ0n) is 14.6. The van der Waals surface area contributed by atoms with Gasteiger partial charge in [-0.1, -0.05) is 17.8 Å². The lowest BCUT2D eigenvalue weighted by atomic mass is 10.2. The van der Waals surface area contributed by atoms with Crippen LogP contribution in [0.4, 0.5) is 5.95 Å². The number of hydrogen-bond acceptors (Lipinski definition) is 7. The number of anilines is 1. The minimum atomic E-state index is 0.00345. The molecule has 0 aliphatic rings. The number of rotatable bonds is 9. The highest BCUT2D eigenvalue weighted by Crippen LogP contribution is 2.28. The maximum Gasteiger partial charge on any atom is 0.233 e. The standard InChI is InChI=1S/C16H23N5O3S/c1-4-21(14(22)10-25-16-18-15(17)19-20-16)9-11-6-7-12(24-5-2)13(8-11)23-3/h6-8H,4-5,9-10H2,1-3H3,(H3,17,18,19,20). The number of amides is 1. The number of nitrogens with two attached hydrogens (primary N) is 1. The van der Waals surface area contributed by atoms with E-state index in [0.717, 1.165) is 5.56 Å². The molecule has 9 heteroatoms.